The molecule has 19 heavy (non-hydrogen) atoms. The van der Waals surface area contributed by atoms with Crippen molar-refractivity contribution in [2.45, 2.75) is 26.8 Å². The minimum Gasteiger partial charge on any atom is -0.346 e. The molecule has 1 amide bonds. The Morgan fingerprint density at radius 3 is 2.84 bits per heavy atom. The summed E-state index contributed by atoms with van der Waals surface area (Å²) in [6, 6.07) is 11.5. The molecule has 0 radical (unpaired) electrons. The zero-order valence-electron chi connectivity index (χ0n) is 11.3. The van der Waals surface area contributed by atoms with Crippen molar-refractivity contribution in [2.24, 2.45) is 5.92 Å². The van der Waals surface area contributed by atoms with Crippen molar-refractivity contribution >= 4 is 5.91 Å². The van der Waals surface area contributed by atoms with E-state index in [1.54, 1.807) is 12.3 Å². The Hall–Kier alpha value is -2.28. The van der Waals surface area contributed by atoms with Gasteiger partial charge in [0.15, 0.2) is 0 Å². The van der Waals surface area contributed by atoms with E-state index in [0.717, 1.165) is 17.1 Å². The third-order valence-corrected chi connectivity index (χ3v) is 2.85. The van der Waals surface area contributed by atoms with E-state index in [-0.39, 0.29) is 17.9 Å². The average molecular weight is 255 g/mol. The van der Waals surface area contributed by atoms with Gasteiger partial charge in [-0.05, 0) is 18.1 Å². The molecule has 1 aromatic heterocycles. The average Bonchev–Trinajstić information content (AvgIpc) is 2.86. The molecule has 2 aromatic rings. The number of nitrogens with zero attached hydrogens (tertiary/aromatic N) is 1. The molecule has 98 valence electrons. The number of aromatic nitrogens is 2. The van der Waals surface area contributed by atoms with Crippen molar-refractivity contribution in [3.63, 3.8) is 0 Å². The number of rotatable bonds is 4. The molecule has 2 rings (SSSR count). The van der Waals surface area contributed by atoms with Crippen LogP contribution in [0.25, 0.3) is 11.3 Å². The second-order valence-corrected chi connectivity index (χ2v) is 4.81. The summed E-state index contributed by atoms with van der Waals surface area (Å²) in [7, 11) is 0. The summed E-state index contributed by atoms with van der Waals surface area (Å²) in [6.45, 7) is 5.61. The monoisotopic (exact) mass is 255 g/mol. The summed E-state index contributed by atoms with van der Waals surface area (Å²) in [6.07, 6.45) is 1.76. The van der Waals surface area contributed by atoms with Gasteiger partial charge >= 0.3 is 0 Å². The number of H-pyrrole nitrogens is 1. The number of amides is 1. The van der Waals surface area contributed by atoms with Crippen molar-refractivity contribution in [2.75, 3.05) is 0 Å². The molecule has 0 bridgehead atoms. The van der Waals surface area contributed by atoms with Gasteiger partial charge in [0.25, 0.3) is 0 Å². The van der Waals surface area contributed by atoms with Crippen LogP contribution in [0.5, 0.6) is 0 Å². The fraction of sp³-hybridized carbons (Fsp3) is 0.333. The maximum atomic E-state index is 11.2. The lowest BCUT2D eigenvalue weighted by molar-refractivity contribution is -0.120. The van der Waals surface area contributed by atoms with Crippen LogP contribution in [0.2, 0.25) is 0 Å². The number of carbonyl (C=O) groups is 1. The standard InChI is InChI=1S/C15H17N3O/c1-10(2)14(17-11(3)19)15-16-9-13(18-15)12-7-5-4-6-8-12/h4-5,7,9-10,14H,1-3H3,(H,16,18)(H,17,19)/t14-/m0/s1. The van der Waals surface area contributed by atoms with E-state index in [1.807, 2.05) is 26.0 Å². The van der Waals surface area contributed by atoms with Crippen LogP contribution in [0, 0.1) is 18.1 Å². The Balaban J connectivity index is 2.26. The van der Waals surface area contributed by atoms with Gasteiger partial charge in [0.1, 0.15) is 5.82 Å². The van der Waals surface area contributed by atoms with Crippen LogP contribution in [0.15, 0.2) is 24.4 Å². The molecule has 0 aliphatic rings. The Labute approximate surface area is 113 Å². The molecule has 4 heteroatoms. The largest absolute Gasteiger partial charge is 0.346 e. The molecule has 0 spiro atoms. The summed E-state index contributed by atoms with van der Waals surface area (Å²) in [5, 5.41) is 2.91. The first-order valence-corrected chi connectivity index (χ1v) is 6.28. The van der Waals surface area contributed by atoms with Gasteiger partial charge in [-0.3, -0.25) is 4.79 Å². The molecule has 0 saturated heterocycles. The maximum absolute atomic E-state index is 11.2. The van der Waals surface area contributed by atoms with E-state index in [0.29, 0.717) is 0 Å². The summed E-state index contributed by atoms with van der Waals surface area (Å²) in [5.41, 5.74) is 1.79. The molecule has 4 nitrogen and oxygen atoms in total. The smallest absolute Gasteiger partial charge is 0.217 e. The van der Waals surface area contributed by atoms with Gasteiger partial charge in [-0.2, -0.15) is 0 Å². The van der Waals surface area contributed by atoms with Crippen LogP contribution in [0.1, 0.15) is 32.6 Å². The van der Waals surface area contributed by atoms with Crippen LogP contribution < -0.4 is 5.32 Å². The number of carbonyl (C=O) groups excluding carboxylic acids is 1. The molecule has 0 fully saturated rings. The van der Waals surface area contributed by atoms with Gasteiger partial charge in [0, 0.05) is 12.5 Å². The lowest BCUT2D eigenvalue weighted by atomic mass is 10.0. The lowest BCUT2D eigenvalue weighted by Gasteiger charge is -2.19. The van der Waals surface area contributed by atoms with E-state index < -0.39 is 0 Å². The number of hydrogen-bond donors (Lipinski definition) is 2. The molecular weight excluding hydrogens is 238 g/mol. The molecule has 1 atom stereocenters. The normalized spacial score (nSPS) is 12.0. The zero-order valence-corrected chi connectivity index (χ0v) is 11.3. The molecule has 0 unspecified atom stereocenters. The number of nitrogens with one attached hydrogen (secondary N) is 2. The Kier molecular flexibility index (Phi) is 3.86. The third-order valence-electron chi connectivity index (χ3n) is 2.85. The van der Waals surface area contributed by atoms with E-state index in [2.05, 4.69) is 27.4 Å². The summed E-state index contributed by atoms with van der Waals surface area (Å²) < 4.78 is 0. The second-order valence-electron chi connectivity index (χ2n) is 4.81. The number of imidazole rings is 1. The highest BCUT2D eigenvalue weighted by molar-refractivity contribution is 5.73. The van der Waals surface area contributed by atoms with E-state index in [9.17, 15) is 4.79 Å². The SMILES string of the molecule is CC(=O)N[C@H](c1ncc(-c2c#cccc2)[nH]1)C(C)C. The summed E-state index contributed by atoms with van der Waals surface area (Å²) in [4.78, 5) is 18.8. The summed E-state index contributed by atoms with van der Waals surface area (Å²) in [5.74, 6) is 0.961. The molecule has 1 heterocycles. The summed E-state index contributed by atoms with van der Waals surface area (Å²) >= 11 is 0. The van der Waals surface area contributed by atoms with Crippen LogP contribution in [-0.2, 0) is 4.79 Å². The topological polar surface area (TPSA) is 57.8 Å². The van der Waals surface area contributed by atoms with Gasteiger partial charge in [-0.15, -0.1) is 0 Å². The molecule has 0 aliphatic heterocycles. The fourth-order valence-corrected chi connectivity index (χ4v) is 1.91. The predicted octanol–water partition coefficient (Wildman–Crippen LogP) is 2.51. The Bertz CT molecular complexity index is 546. The molecule has 1 aromatic carbocycles. The maximum Gasteiger partial charge on any atom is 0.217 e. The second kappa shape index (κ2) is 5.57. The van der Waals surface area contributed by atoms with Crippen molar-refractivity contribution in [3.8, 4) is 11.3 Å². The molecule has 0 aliphatic carbocycles. The predicted molar refractivity (Wildman–Crippen MR) is 73.1 cm³/mol. The van der Waals surface area contributed by atoms with Crippen LogP contribution in [0.3, 0.4) is 0 Å². The number of hydrogen-bond acceptors (Lipinski definition) is 2. The minimum atomic E-state index is -0.112. The Morgan fingerprint density at radius 2 is 2.26 bits per heavy atom. The van der Waals surface area contributed by atoms with Crippen LogP contribution in [-0.4, -0.2) is 15.9 Å². The van der Waals surface area contributed by atoms with E-state index >= 15 is 0 Å². The van der Waals surface area contributed by atoms with Crippen molar-refractivity contribution in [3.05, 3.63) is 42.4 Å². The Morgan fingerprint density at radius 1 is 1.47 bits per heavy atom. The first-order valence-electron chi connectivity index (χ1n) is 6.28. The van der Waals surface area contributed by atoms with Gasteiger partial charge in [-0.1, -0.05) is 32.0 Å². The van der Waals surface area contributed by atoms with Crippen LogP contribution >= 0.6 is 0 Å². The van der Waals surface area contributed by atoms with Gasteiger partial charge in [0.05, 0.1) is 17.9 Å². The van der Waals surface area contributed by atoms with E-state index in [4.69, 9.17) is 0 Å². The zero-order chi connectivity index (χ0) is 13.8. The molecule has 2 N–H and O–H groups in total. The highest BCUT2D eigenvalue weighted by Gasteiger charge is 2.20. The lowest BCUT2D eigenvalue weighted by Crippen LogP contribution is -2.30. The van der Waals surface area contributed by atoms with Crippen molar-refractivity contribution in [1.29, 1.82) is 0 Å². The van der Waals surface area contributed by atoms with E-state index in [1.165, 1.54) is 6.92 Å². The van der Waals surface area contributed by atoms with Crippen molar-refractivity contribution in [1.82, 2.24) is 15.3 Å². The first kappa shape index (κ1) is 13.2. The fourth-order valence-electron chi connectivity index (χ4n) is 1.91. The highest BCUT2D eigenvalue weighted by atomic mass is 16.1. The van der Waals surface area contributed by atoms with Gasteiger partial charge in [-0.25, -0.2) is 4.98 Å². The quantitative estimate of drug-likeness (QED) is 0.882. The van der Waals surface area contributed by atoms with Gasteiger partial charge < -0.3 is 10.3 Å². The third kappa shape index (κ3) is 3.14. The van der Waals surface area contributed by atoms with Crippen LogP contribution in [0.4, 0.5) is 0 Å². The molecular formula is C15H17N3O. The first-order chi connectivity index (χ1) is 9.08. The molecule has 0 saturated carbocycles. The van der Waals surface area contributed by atoms with Crippen molar-refractivity contribution < 1.29 is 4.79 Å². The highest BCUT2D eigenvalue weighted by Crippen LogP contribution is 2.22. The minimum absolute atomic E-state index is 0.0590. The van der Waals surface area contributed by atoms with Gasteiger partial charge in [0.2, 0.25) is 5.91 Å². The number of aromatic amines is 1.